The largest absolute Gasteiger partial charge is 0.545 e. The molecule has 0 bridgehead atoms. The lowest BCUT2D eigenvalue weighted by molar-refractivity contribution is -0.386. The zero-order valence-corrected chi connectivity index (χ0v) is 12.8. The smallest absolute Gasteiger partial charge is 0.127 e. The molecule has 1 aromatic heterocycles. The zero-order chi connectivity index (χ0) is 16.5. The van der Waals surface area contributed by atoms with E-state index >= 15 is 0 Å². The number of benzene rings is 1. The van der Waals surface area contributed by atoms with Crippen molar-refractivity contribution in [3.63, 3.8) is 0 Å². The summed E-state index contributed by atoms with van der Waals surface area (Å²) in [6.45, 7) is 4.08. The fourth-order valence-corrected chi connectivity index (χ4v) is 1.71. The summed E-state index contributed by atoms with van der Waals surface area (Å²) in [5.41, 5.74) is 5.80. The summed E-state index contributed by atoms with van der Waals surface area (Å²) in [6, 6.07) is 11.6. The van der Waals surface area contributed by atoms with Crippen LogP contribution in [-0.4, -0.2) is 17.7 Å². The van der Waals surface area contributed by atoms with E-state index in [1.165, 1.54) is 11.6 Å². The van der Waals surface area contributed by atoms with E-state index in [0.717, 1.165) is 6.54 Å². The van der Waals surface area contributed by atoms with Crippen LogP contribution in [0, 0.1) is 6.92 Å². The summed E-state index contributed by atoms with van der Waals surface area (Å²) in [7, 11) is 0. The van der Waals surface area contributed by atoms with Gasteiger partial charge in [0.05, 0.1) is 19.1 Å². The number of carbonyl (C=O) groups excluding carboxylic acids is 1. The second-order valence-corrected chi connectivity index (χ2v) is 4.79. The number of aryl methyl sites for hydroxylation is 1. The molecular weight excluding hydrogens is 282 g/mol. The molecule has 0 aliphatic rings. The van der Waals surface area contributed by atoms with Crippen molar-refractivity contribution in [2.75, 3.05) is 6.61 Å². The van der Waals surface area contributed by atoms with Gasteiger partial charge in [0, 0.05) is 11.1 Å². The van der Waals surface area contributed by atoms with Crippen LogP contribution < -0.4 is 10.8 Å². The fourth-order valence-electron chi connectivity index (χ4n) is 1.71. The summed E-state index contributed by atoms with van der Waals surface area (Å²) in [4.78, 5) is 10.5. The molecule has 1 aromatic carbocycles. The van der Waals surface area contributed by atoms with Gasteiger partial charge in [-0.25, -0.2) is 0 Å². The monoisotopic (exact) mass is 303 g/mol. The predicted octanol–water partition coefficient (Wildman–Crippen LogP) is 0.776. The first kappa shape index (κ1) is 17.7. The van der Waals surface area contributed by atoms with E-state index in [-0.39, 0.29) is 12.2 Å². The average Bonchev–Trinajstić information content (AvgIpc) is 2.89. The van der Waals surface area contributed by atoms with Crippen LogP contribution >= 0.6 is 0 Å². The van der Waals surface area contributed by atoms with Crippen molar-refractivity contribution in [1.29, 1.82) is 0 Å². The van der Waals surface area contributed by atoms with Crippen molar-refractivity contribution < 1.29 is 25.2 Å². The molecule has 4 N–H and O–H groups in total. The van der Waals surface area contributed by atoms with E-state index in [0.29, 0.717) is 17.1 Å². The van der Waals surface area contributed by atoms with Crippen molar-refractivity contribution in [3.05, 3.63) is 64.6 Å². The minimum atomic E-state index is -1.26. The second kappa shape index (κ2) is 8.81. The van der Waals surface area contributed by atoms with E-state index in [1.54, 1.807) is 19.9 Å². The standard InChI is InChI=1S/C10H12O4.C7H9N/c1-6(5-11)3-8-4-9(10(12)13)7(2)14-8;8-6-7-4-2-1-3-5-7/h3-4,11H,5H2,1-2H3,(H,12,13);1-5H,6,8H2. The number of furan rings is 1. The van der Waals surface area contributed by atoms with Crippen LogP contribution in [0.2, 0.25) is 0 Å². The molecule has 0 atom stereocenters. The lowest BCUT2D eigenvalue weighted by atomic mass is 10.2. The third-order valence-corrected chi connectivity index (χ3v) is 2.93. The van der Waals surface area contributed by atoms with Crippen LogP contribution in [-0.2, 0) is 6.54 Å². The number of aliphatic hydroxyl groups is 1. The van der Waals surface area contributed by atoms with Gasteiger partial charge in [0.15, 0.2) is 0 Å². The molecule has 2 rings (SSSR count). The molecule has 0 saturated heterocycles. The Labute approximate surface area is 129 Å². The Kier molecular flexibility index (Phi) is 7.08. The minimum absolute atomic E-state index is 0.0435. The van der Waals surface area contributed by atoms with Gasteiger partial charge in [-0.05, 0) is 31.6 Å². The summed E-state index contributed by atoms with van der Waals surface area (Å²) in [5.74, 6) is -0.539. The fraction of sp³-hybridized carbons (Fsp3) is 0.235. The molecule has 0 unspecified atom stereocenters. The Balaban J connectivity index is 0.000000255. The molecule has 0 fully saturated rings. The molecule has 0 spiro atoms. The topological polar surface area (TPSA) is 101 Å². The highest BCUT2D eigenvalue weighted by Crippen LogP contribution is 2.16. The van der Waals surface area contributed by atoms with Crippen LogP contribution in [0.1, 0.15) is 34.4 Å². The summed E-state index contributed by atoms with van der Waals surface area (Å²) in [5, 5.41) is 19.3. The molecule has 0 saturated carbocycles. The van der Waals surface area contributed by atoms with Crippen molar-refractivity contribution in [3.8, 4) is 0 Å². The maximum atomic E-state index is 10.5. The van der Waals surface area contributed by atoms with E-state index in [1.807, 2.05) is 18.2 Å². The number of hydrogen-bond acceptors (Lipinski definition) is 4. The Morgan fingerprint density at radius 2 is 2.00 bits per heavy atom. The number of aromatic carboxylic acids is 1. The average molecular weight is 303 g/mol. The van der Waals surface area contributed by atoms with Gasteiger partial charge in [-0.3, -0.25) is 0 Å². The highest BCUT2D eigenvalue weighted by atomic mass is 16.4. The quantitative estimate of drug-likeness (QED) is 0.871. The highest BCUT2D eigenvalue weighted by Gasteiger charge is 2.06. The lowest BCUT2D eigenvalue weighted by Gasteiger charge is -1.95. The number of carboxylic acids is 1. The van der Waals surface area contributed by atoms with Gasteiger partial charge in [-0.15, -0.1) is 0 Å². The Morgan fingerprint density at radius 3 is 2.41 bits per heavy atom. The van der Waals surface area contributed by atoms with E-state index in [4.69, 9.17) is 9.52 Å². The van der Waals surface area contributed by atoms with Crippen LogP contribution in [0.5, 0.6) is 0 Å². The third kappa shape index (κ3) is 5.55. The maximum Gasteiger partial charge on any atom is 0.127 e. The first-order valence-electron chi connectivity index (χ1n) is 6.91. The van der Waals surface area contributed by atoms with Crippen LogP contribution in [0.15, 0.2) is 46.4 Å². The van der Waals surface area contributed by atoms with Gasteiger partial charge in [0.2, 0.25) is 0 Å². The van der Waals surface area contributed by atoms with Crippen molar-refractivity contribution >= 4 is 12.0 Å². The Hall–Kier alpha value is -2.37. The Bertz CT molecular complexity index is 629. The normalized spacial score (nSPS) is 10.8. The molecule has 0 amide bonds. The number of carbonyl (C=O) groups is 1. The summed E-state index contributed by atoms with van der Waals surface area (Å²) in [6.07, 6.45) is 1.58. The van der Waals surface area contributed by atoms with Gasteiger partial charge in [-0.1, -0.05) is 30.3 Å². The van der Waals surface area contributed by atoms with Gasteiger partial charge in [-0.2, -0.15) is 0 Å². The first-order valence-corrected chi connectivity index (χ1v) is 6.91. The Morgan fingerprint density at radius 1 is 1.36 bits per heavy atom. The van der Waals surface area contributed by atoms with Gasteiger partial charge >= 0.3 is 0 Å². The van der Waals surface area contributed by atoms with Crippen molar-refractivity contribution in [1.82, 2.24) is 0 Å². The number of carboxylic acid groups (broad SMARTS) is 1. The molecule has 2 aromatic rings. The zero-order valence-electron chi connectivity index (χ0n) is 12.8. The van der Waals surface area contributed by atoms with Crippen LogP contribution in [0.4, 0.5) is 0 Å². The SMILES string of the molecule is CC(=Cc1cc(C(=O)[O-])c(C)o1)CO.[NH3+]Cc1ccccc1. The summed E-state index contributed by atoms with van der Waals surface area (Å²) >= 11 is 0. The first-order chi connectivity index (χ1) is 10.5. The second-order valence-electron chi connectivity index (χ2n) is 4.79. The van der Waals surface area contributed by atoms with Gasteiger partial charge in [0.1, 0.15) is 11.5 Å². The molecule has 0 aliphatic heterocycles. The van der Waals surface area contributed by atoms with Gasteiger partial charge in [0.25, 0.3) is 0 Å². The number of aliphatic hydroxyl groups excluding tert-OH is 1. The lowest BCUT2D eigenvalue weighted by Crippen LogP contribution is -2.47. The third-order valence-electron chi connectivity index (χ3n) is 2.93. The molecule has 0 aliphatic carbocycles. The maximum absolute atomic E-state index is 10.5. The minimum Gasteiger partial charge on any atom is -0.545 e. The van der Waals surface area contributed by atoms with Crippen molar-refractivity contribution in [2.24, 2.45) is 0 Å². The van der Waals surface area contributed by atoms with Crippen molar-refractivity contribution in [2.45, 2.75) is 20.4 Å². The number of hydrogen-bond donors (Lipinski definition) is 2. The molecule has 5 heteroatoms. The van der Waals surface area contributed by atoms with E-state index in [9.17, 15) is 9.90 Å². The summed E-state index contributed by atoms with van der Waals surface area (Å²) < 4.78 is 5.14. The van der Waals surface area contributed by atoms with Crippen LogP contribution in [0.3, 0.4) is 0 Å². The van der Waals surface area contributed by atoms with E-state index < -0.39 is 5.97 Å². The molecule has 118 valence electrons. The number of quaternary nitrogens is 1. The molecular formula is C17H21NO4. The van der Waals surface area contributed by atoms with Crippen LogP contribution in [0.25, 0.3) is 6.08 Å². The highest BCUT2D eigenvalue weighted by molar-refractivity contribution is 5.87. The molecule has 0 radical (unpaired) electrons. The van der Waals surface area contributed by atoms with E-state index in [2.05, 4.69) is 17.9 Å². The predicted molar refractivity (Wildman–Crippen MR) is 81.5 cm³/mol. The molecule has 1 heterocycles. The van der Waals surface area contributed by atoms with Gasteiger partial charge < -0.3 is 25.2 Å². The molecule has 5 nitrogen and oxygen atoms in total. The molecule has 22 heavy (non-hydrogen) atoms. The number of rotatable bonds is 4.